The first kappa shape index (κ1) is 18.1. The van der Waals surface area contributed by atoms with Crippen molar-refractivity contribution in [3.63, 3.8) is 0 Å². The number of hydrogen-bond donors (Lipinski definition) is 1. The number of amides is 3. The molecule has 8 heteroatoms. The predicted molar refractivity (Wildman–Crippen MR) is 93.6 cm³/mol. The van der Waals surface area contributed by atoms with Crippen LogP contribution in [0.15, 0.2) is 35.8 Å². The number of benzene rings is 1. The molecule has 1 heterocycles. The largest absolute Gasteiger partial charge is 0.482 e. The monoisotopic (exact) mass is 366 g/mol. The van der Waals surface area contributed by atoms with Crippen molar-refractivity contribution in [3.05, 3.63) is 46.3 Å². The molecule has 1 unspecified atom stereocenters. The number of hydrogen-bond acceptors (Lipinski definition) is 5. The standard InChI is InChI=1S/C16H15ClN2O4S/c1-3-9(2)19-15(21)13(24-16(19)22)7-10-4-5-12(11(17)6-10)23-8-14(18)20/h3-7,9H,1,8H2,2H3,(H2,18,20). The van der Waals surface area contributed by atoms with Crippen molar-refractivity contribution >= 4 is 46.5 Å². The molecule has 0 aliphatic carbocycles. The van der Waals surface area contributed by atoms with Gasteiger partial charge in [-0.05, 0) is 42.5 Å². The number of carbonyl (C=O) groups is 3. The van der Waals surface area contributed by atoms with Crippen LogP contribution < -0.4 is 10.5 Å². The molecule has 1 aromatic carbocycles. The zero-order chi connectivity index (χ0) is 17.9. The van der Waals surface area contributed by atoms with Crippen molar-refractivity contribution in [1.29, 1.82) is 0 Å². The van der Waals surface area contributed by atoms with Gasteiger partial charge in [0.15, 0.2) is 6.61 Å². The van der Waals surface area contributed by atoms with Gasteiger partial charge in [-0.15, -0.1) is 6.58 Å². The van der Waals surface area contributed by atoms with Gasteiger partial charge in [-0.3, -0.25) is 19.3 Å². The number of primary amides is 1. The number of rotatable bonds is 6. The lowest BCUT2D eigenvalue weighted by molar-refractivity contribution is -0.123. The van der Waals surface area contributed by atoms with E-state index >= 15 is 0 Å². The van der Waals surface area contributed by atoms with Crippen molar-refractivity contribution in [1.82, 2.24) is 4.90 Å². The Bertz CT molecular complexity index is 748. The van der Waals surface area contributed by atoms with E-state index in [-0.39, 0.29) is 28.8 Å². The molecule has 24 heavy (non-hydrogen) atoms. The van der Waals surface area contributed by atoms with Crippen LogP contribution in [-0.4, -0.2) is 34.6 Å². The highest BCUT2D eigenvalue weighted by atomic mass is 35.5. The van der Waals surface area contributed by atoms with Gasteiger partial charge in [0, 0.05) is 0 Å². The Morgan fingerprint density at radius 3 is 2.79 bits per heavy atom. The minimum absolute atomic E-state index is 0.267. The fourth-order valence-electron chi connectivity index (χ4n) is 1.96. The van der Waals surface area contributed by atoms with E-state index in [1.165, 1.54) is 6.08 Å². The third-order valence-corrected chi connectivity index (χ3v) is 4.37. The van der Waals surface area contributed by atoms with E-state index in [2.05, 4.69) is 6.58 Å². The normalized spacial score (nSPS) is 17.2. The molecule has 2 rings (SSSR count). The second-order valence-corrected chi connectivity index (χ2v) is 6.37. The summed E-state index contributed by atoms with van der Waals surface area (Å²) in [6, 6.07) is 4.42. The highest BCUT2D eigenvalue weighted by Crippen LogP contribution is 2.35. The van der Waals surface area contributed by atoms with Gasteiger partial charge in [0.1, 0.15) is 5.75 Å². The SMILES string of the molecule is C=CC(C)N1C(=O)SC(=Cc2ccc(OCC(N)=O)c(Cl)c2)C1=O. The van der Waals surface area contributed by atoms with E-state index in [0.29, 0.717) is 16.2 Å². The zero-order valence-electron chi connectivity index (χ0n) is 12.8. The lowest BCUT2D eigenvalue weighted by atomic mass is 10.2. The second-order valence-electron chi connectivity index (χ2n) is 4.97. The number of ether oxygens (including phenoxy) is 1. The zero-order valence-corrected chi connectivity index (χ0v) is 14.4. The Balaban J connectivity index is 2.21. The molecule has 0 aromatic heterocycles. The van der Waals surface area contributed by atoms with Crippen LogP contribution in [0.1, 0.15) is 12.5 Å². The smallest absolute Gasteiger partial charge is 0.294 e. The van der Waals surface area contributed by atoms with Gasteiger partial charge in [0.2, 0.25) is 0 Å². The maximum atomic E-state index is 12.3. The molecule has 1 atom stereocenters. The van der Waals surface area contributed by atoms with Gasteiger partial charge in [-0.2, -0.15) is 0 Å². The number of thioether (sulfide) groups is 1. The molecule has 2 N–H and O–H groups in total. The third-order valence-electron chi connectivity index (χ3n) is 3.20. The van der Waals surface area contributed by atoms with E-state index < -0.39 is 5.91 Å². The van der Waals surface area contributed by atoms with Crippen LogP contribution in [0.2, 0.25) is 5.02 Å². The van der Waals surface area contributed by atoms with Gasteiger partial charge < -0.3 is 10.5 Å². The Labute approximate surface area is 148 Å². The van der Waals surface area contributed by atoms with Crippen molar-refractivity contribution in [3.8, 4) is 5.75 Å². The number of nitrogens with zero attached hydrogens (tertiary/aromatic N) is 1. The maximum absolute atomic E-state index is 12.3. The minimum atomic E-state index is -0.611. The average molecular weight is 367 g/mol. The number of imide groups is 1. The van der Waals surface area contributed by atoms with Crippen LogP contribution in [0.5, 0.6) is 5.75 Å². The molecule has 1 fully saturated rings. The topological polar surface area (TPSA) is 89.7 Å². The van der Waals surface area contributed by atoms with E-state index in [0.717, 1.165) is 16.7 Å². The van der Waals surface area contributed by atoms with Gasteiger partial charge in [0.05, 0.1) is 16.0 Å². The van der Waals surface area contributed by atoms with Gasteiger partial charge in [0.25, 0.3) is 17.1 Å². The summed E-state index contributed by atoms with van der Waals surface area (Å²) in [5.41, 5.74) is 5.63. The van der Waals surface area contributed by atoms with Crippen LogP contribution in [0.3, 0.4) is 0 Å². The molecule has 126 valence electrons. The molecule has 0 bridgehead atoms. The predicted octanol–water partition coefficient (Wildman–Crippen LogP) is 2.81. The fraction of sp³-hybridized carbons (Fsp3) is 0.188. The van der Waals surface area contributed by atoms with Crippen LogP contribution in [0, 0.1) is 0 Å². The van der Waals surface area contributed by atoms with E-state index in [4.69, 9.17) is 22.1 Å². The van der Waals surface area contributed by atoms with Crippen molar-refractivity contribution in [2.45, 2.75) is 13.0 Å². The Morgan fingerprint density at radius 2 is 2.21 bits per heavy atom. The highest BCUT2D eigenvalue weighted by molar-refractivity contribution is 8.18. The molecular formula is C16H15ClN2O4S. The van der Waals surface area contributed by atoms with Gasteiger partial charge in [-0.25, -0.2) is 0 Å². The number of nitrogens with two attached hydrogens (primary N) is 1. The fourth-order valence-corrected chi connectivity index (χ4v) is 3.12. The number of carbonyl (C=O) groups excluding carboxylic acids is 3. The van der Waals surface area contributed by atoms with Crippen molar-refractivity contribution in [2.24, 2.45) is 5.73 Å². The summed E-state index contributed by atoms with van der Waals surface area (Å²) in [5.74, 6) is -0.677. The molecule has 1 aliphatic heterocycles. The second kappa shape index (κ2) is 7.55. The first-order valence-electron chi connectivity index (χ1n) is 6.93. The molecular weight excluding hydrogens is 352 g/mol. The van der Waals surface area contributed by atoms with Crippen LogP contribution in [0.25, 0.3) is 6.08 Å². The Kier molecular flexibility index (Phi) is 5.69. The molecule has 0 radical (unpaired) electrons. The first-order chi connectivity index (χ1) is 11.3. The van der Waals surface area contributed by atoms with Crippen LogP contribution >= 0.6 is 23.4 Å². The molecule has 3 amide bonds. The lowest BCUT2D eigenvalue weighted by Gasteiger charge is -2.17. The molecule has 0 saturated carbocycles. The maximum Gasteiger partial charge on any atom is 0.294 e. The van der Waals surface area contributed by atoms with Crippen LogP contribution in [0.4, 0.5) is 4.79 Å². The highest BCUT2D eigenvalue weighted by Gasteiger charge is 2.37. The quantitative estimate of drug-likeness (QED) is 0.617. The minimum Gasteiger partial charge on any atom is -0.482 e. The molecule has 1 saturated heterocycles. The van der Waals surface area contributed by atoms with Crippen molar-refractivity contribution in [2.75, 3.05) is 6.61 Å². The molecule has 0 spiro atoms. The van der Waals surface area contributed by atoms with E-state index in [1.54, 1.807) is 31.2 Å². The summed E-state index contributed by atoms with van der Waals surface area (Å²) < 4.78 is 5.15. The van der Waals surface area contributed by atoms with Gasteiger partial charge in [-0.1, -0.05) is 23.7 Å². The summed E-state index contributed by atoms with van der Waals surface area (Å²) in [6.07, 6.45) is 3.10. The Hall–Kier alpha value is -2.25. The van der Waals surface area contributed by atoms with Crippen molar-refractivity contribution < 1.29 is 19.1 Å². The summed E-state index contributed by atoms with van der Waals surface area (Å²) >= 11 is 6.94. The lowest BCUT2D eigenvalue weighted by Crippen LogP contribution is -2.35. The average Bonchev–Trinajstić information content (AvgIpc) is 2.79. The summed E-state index contributed by atoms with van der Waals surface area (Å²) in [7, 11) is 0. The molecule has 6 nitrogen and oxygen atoms in total. The number of halogens is 1. The third kappa shape index (κ3) is 3.98. The molecule has 1 aliphatic rings. The first-order valence-corrected chi connectivity index (χ1v) is 8.13. The van der Waals surface area contributed by atoms with E-state index in [9.17, 15) is 14.4 Å². The summed E-state index contributed by atoms with van der Waals surface area (Å²) in [5, 5.41) is -0.0742. The Morgan fingerprint density at radius 1 is 1.50 bits per heavy atom. The molecule has 1 aromatic rings. The summed E-state index contributed by atoms with van der Waals surface area (Å²) in [4.78, 5) is 36.4. The van der Waals surface area contributed by atoms with Crippen LogP contribution in [-0.2, 0) is 9.59 Å². The summed E-state index contributed by atoms with van der Waals surface area (Å²) in [6.45, 7) is 5.03. The van der Waals surface area contributed by atoms with E-state index in [1.807, 2.05) is 0 Å². The van der Waals surface area contributed by atoms with Gasteiger partial charge >= 0.3 is 0 Å².